The highest BCUT2D eigenvalue weighted by molar-refractivity contribution is 9.10. The number of anilines is 3. The molecule has 1 saturated heterocycles. The lowest BCUT2D eigenvalue weighted by atomic mass is 10.3. The van der Waals surface area contributed by atoms with E-state index in [1.807, 2.05) is 30.3 Å². The Labute approximate surface area is 137 Å². The molecule has 1 fully saturated rings. The molecule has 2 heterocycles. The Morgan fingerprint density at radius 1 is 1.18 bits per heavy atom. The Morgan fingerprint density at radius 2 is 2.00 bits per heavy atom. The quantitative estimate of drug-likeness (QED) is 0.846. The second-order valence-electron chi connectivity index (χ2n) is 5.00. The zero-order valence-electron chi connectivity index (χ0n) is 11.9. The van der Waals surface area contributed by atoms with Gasteiger partial charge in [0.1, 0.15) is 5.82 Å². The predicted octanol–water partition coefficient (Wildman–Crippen LogP) is 2.26. The highest BCUT2D eigenvalue weighted by Crippen LogP contribution is 2.20. The molecule has 2 aromatic rings. The summed E-state index contributed by atoms with van der Waals surface area (Å²) in [5.41, 5.74) is 0.928. The summed E-state index contributed by atoms with van der Waals surface area (Å²) in [6.07, 6.45) is 2.65. The lowest BCUT2D eigenvalue weighted by Gasteiger charge is -2.33. The molecule has 0 saturated carbocycles. The van der Waals surface area contributed by atoms with Crippen LogP contribution in [0.4, 0.5) is 17.5 Å². The fourth-order valence-electron chi connectivity index (χ4n) is 2.34. The summed E-state index contributed by atoms with van der Waals surface area (Å²) in [4.78, 5) is 23.5. The smallest absolute Gasteiger partial charge is 0.229 e. The first-order chi connectivity index (χ1) is 10.7. The first-order valence-corrected chi connectivity index (χ1v) is 7.84. The van der Waals surface area contributed by atoms with E-state index < -0.39 is 0 Å². The molecule has 7 heteroatoms. The molecule has 22 heavy (non-hydrogen) atoms. The summed E-state index contributed by atoms with van der Waals surface area (Å²) in [6, 6.07) is 9.75. The van der Waals surface area contributed by atoms with Crippen LogP contribution in [0.25, 0.3) is 0 Å². The molecule has 0 unspecified atom stereocenters. The van der Waals surface area contributed by atoms with Crippen LogP contribution < -0.4 is 10.2 Å². The van der Waals surface area contributed by atoms with E-state index in [0.717, 1.165) is 48.6 Å². The summed E-state index contributed by atoms with van der Waals surface area (Å²) < 4.78 is 0.999. The van der Waals surface area contributed by atoms with Crippen molar-refractivity contribution in [2.24, 2.45) is 0 Å². The number of carbonyl (C=O) groups excluding carboxylic acids is 1. The molecular weight excluding hydrogens is 346 g/mol. The molecule has 6 nitrogen and oxygen atoms in total. The molecule has 0 radical (unpaired) electrons. The zero-order chi connectivity index (χ0) is 15.4. The number of nitrogens with zero attached hydrogens (tertiary/aromatic N) is 4. The van der Waals surface area contributed by atoms with Crippen molar-refractivity contribution < 1.29 is 4.79 Å². The van der Waals surface area contributed by atoms with Crippen LogP contribution in [-0.2, 0) is 4.79 Å². The van der Waals surface area contributed by atoms with E-state index in [1.54, 1.807) is 11.1 Å². The lowest BCUT2D eigenvalue weighted by molar-refractivity contribution is -0.118. The highest BCUT2D eigenvalue weighted by atomic mass is 79.9. The van der Waals surface area contributed by atoms with Gasteiger partial charge in [0.2, 0.25) is 12.4 Å². The van der Waals surface area contributed by atoms with Crippen LogP contribution in [-0.4, -0.2) is 47.5 Å². The van der Waals surface area contributed by atoms with Crippen molar-refractivity contribution >= 4 is 39.8 Å². The topological polar surface area (TPSA) is 61.4 Å². The zero-order valence-corrected chi connectivity index (χ0v) is 13.5. The molecular formula is C15H16BrN5O. The van der Waals surface area contributed by atoms with Crippen LogP contribution in [0.5, 0.6) is 0 Å². The minimum Gasteiger partial charge on any atom is -0.353 e. The summed E-state index contributed by atoms with van der Waals surface area (Å²) in [5.74, 6) is 1.44. The van der Waals surface area contributed by atoms with Gasteiger partial charge in [-0.2, -0.15) is 4.98 Å². The number of hydrogen-bond donors (Lipinski definition) is 1. The van der Waals surface area contributed by atoms with E-state index in [1.165, 1.54) is 0 Å². The largest absolute Gasteiger partial charge is 0.353 e. The van der Waals surface area contributed by atoms with Crippen LogP contribution in [0, 0.1) is 0 Å². The molecule has 1 aromatic heterocycles. The van der Waals surface area contributed by atoms with Gasteiger partial charge < -0.3 is 15.1 Å². The molecule has 1 aliphatic rings. The van der Waals surface area contributed by atoms with E-state index >= 15 is 0 Å². The third-order valence-corrected chi connectivity index (χ3v) is 4.00. The summed E-state index contributed by atoms with van der Waals surface area (Å²) >= 11 is 3.44. The number of amides is 1. The van der Waals surface area contributed by atoms with Crippen molar-refractivity contribution in [2.75, 3.05) is 36.4 Å². The van der Waals surface area contributed by atoms with Gasteiger partial charge in [0.25, 0.3) is 0 Å². The maximum atomic E-state index is 10.8. The van der Waals surface area contributed by atoms with Crippen LogP contribution in [0.3, 0.4) is 0 Å². The van der Waals surface area contributed by atoms with Gasteiger partial charge in [0, 0.05) is 42.5 Å². The molecule has 0 atom stereocenters. The van der Waals surface area contributed by atoms with Gasteiger partial charge in [-0.15, -0.1) is 0 Å². The third-order valence-electron chi connectivity index (χ3n) is 3.51. The third kappa shape index (κ3) is 3.54. The van der Waals surface area contributed by atoms with Crippen molar-refractivity contribution in [1.82, 2.24) is 14.9 Å². The molecule has 1 amide bonds. The maximum Gasteiger partial charge on any atom is 0.229 e. The van der Waals surface area contributed by atoms with Crippen molar-refractivity contribution in [1.29, 1.82) is 0 Å². The van der Waals surface area contributed by atoms with Gasteiger partial charge in [0.15, 0.2) is 0 Å². The minimum atomic E-state index is 0.563. The van der Waals surface area contributed by atoms with Crippen molar-refractivity contribution in [3.05, 3.63) is 41.0 Å². The first-order valence-electron chi connectivity index (χ1n) is 7.04. The Morgan fingerprint density at radius 3 is 2.73 bits per heavy atom. The molecule has 1 aliphatic heterocycles. The lowest BCUT2D eigenvalue weighted by Crippen LogP contribution is -2.46. The first kappa shape index (κ1) is 14.8. The summed E-state index contributed by atoms with van der Waals surface area (Å²) in [6.45, 7) is 3.02. The van der Waals surface area contributed by atoms with E-state index in [4.69, 9.17) is 0 Å². The van der Waals surface area contributed by atoms with Gasteiger partial charge in [0.05, 0.1) is 0 Å². The normalized spacial score (nSPS) is 14.8. The standard InChI is InChI=1S/C15H16BrN5O/c16-12-2-1-3-13(10-12)18-15-17-5-4-14(19-15)21-8-6-20(11-22)7-9-21/h1-5,10-11H,6-9H2,(H,17,18,19). The monoisotopic (exact) mass is 361 g/mol. The molecule has 3 rings (SSSR count). The van der Waals surface area contributed by atoms with Crippen molar-refractivity contribution in [3.63, 3.8) is 0 Å². The van der Waals surface area contributed by atoms with Gasteiger partial charge in [-0.25, -0.2) is 4.98 Å². The Balaban J connectivity index is 1.71. The van der Waals surface area contributed by atoms with Gasteiger partial charge in [-0.05, 0) is 24.3 Å². The Hall–Kier alpha value is -2.15. The fourth-order valence-corrected chi connectivity index (χ4v) is 2.74. The molecule has 0 aliphatic carbocycles. The van der Waals surface area contributed by atoms with Crippen molar-refractivity contribution in [3.8, 4) is 0 Å². The van der Waals surface area contributed by atoms with E-state index in [-0.39, 0.29) is 0 Å². The number of nitrogens with one attached hydrogen (secondary N) is 1. The fraction of sp³-hybridized carbons (Fsp3) is 0.267. The maximum absolute atomic E-state index is 10.8. The number of benzene rings is 1. The number of rotatable bonds is 4. The predicted molar refractivity (Wildman–Crippen MR) is 89.3 cm³/mol. The average molecular weight is 362 g/mol. The molecule has 114 valence electrons. The number of carbonyl (C=O) groups is 1. The van der Waals surface area contributed by atoms with Crippen LogP contribution >= 0.6 is 15.9 Å². The van der Waals surface area contributed by atoms with E-state index in [9.17, 15) is 4.79 Å². The number of hydrogen-bond acceptors (Lipinski definition) is 5. The van der Waals surface area contributed by atoms with Crippen LogP contribution in [0.15, 0.2) is 41.0 Å². The number of halogens is 1. The average Bonchev–Trinajstić information content (AvgIpc) is 2.55. The Bertz CT molecular complexity index is 658. The molecule has 1 aromatic carbocycles. The van der Waals surface area contributed by atoms with Crippen LogP contribution in [0.1, 0.15) is 0 Å². The number of piperazine rings is 1. The minimum absolute atomic E-state index is 0.563. The second-order valence-corrected chi connectivity index (χ2v) is 5.92. The molecule has 0 spiro atoms. The molecule has 1 N–H and O–H groups in total. The molecule has 0 bridgehead atoms. The van der Waals surface area contributed by atoms with E-state index in [2.05, 4.69) is 36.1 Å². The Kier molecular flexibility index (Phi) is 4.53. The van der Waals surface area contributed by atoms with E-state index in [0.29, 0.717) is 5.95 Å². The second kappa shape index (κ2) is 6.74. The van der Waals surface area contributed by atoms with Gasteiger partial charge in [-0.1, -0.05) is 22.0 Å². The summed E-state index contributed by atoms with van der Waals surface area (Å²) in [5, 5.41) is 3.20. The SMILES string of the molecule is O=CN1CCN(c2ccnc(Nc3cccc(Br)c3)n2)CC1. The van der Waals surface area contributed by atoms with Gasteiger partial charge in [-0.3, -0.25) is 4.79 Å². The van der Waals surface area contributed by atoms with Crippen LogP contribution in [0.2, 0.25) is 0 Å². The van der Waals surface area contributed by atoms with Crippen molar-refractivity contribution in [2.45, 2.75) is 0 Å². The number of aromatic nitrogens is 2. The van der Waals surface area contributed by atoms with Gasteiger partial charge >= 0.3 is 0 Å². The summed E-state index contributed by atoms with van der Waals surface area (Å²) in [7, 11) is 0. The highest BCUT2D eigenvalue weighted by Gasteiger charge is 2.17.